The summed E-state index contributed by atoms with van der Waals surface area (Å²) in [6.45, 7) is 1.03. The van der Waals surface area contributed by atoms with Crippen LogP contribution in [0.15, 0.2) is 0 Å². The molecule has 0 aromatic rings. The molecule has 0 radical (unpaired) electrons. The second-order valence-electron chi connectivity index (χ2n) is 4.92. The lowest BCUT2D eigenvalue weighted by Gasteiger charge is -2.36. The topological polar surface area (TPSA) is 92.9 Å². The third-order valence-corrected chi connectivity index (χ3v) is 4.66. The Balaban J connectivity index is 1.97. The van der Waals surface area contributed by atoms with E-state index in [0.717, 1.165) is 12.2 Å². The summed E-state index contributed by atoms with van der Waals surface area (Å²) in [4.78, 5) is 25.0. The van der Waals surface area contributed by atoms with Crippen molar-refractivity contribution in [3.8, 4) is 0 Å². The van der Waals surface area contributed by atoms with Gasteiger partial charge in [0.15, 0.2) is 0 Å². The fraction of sp³-hybridized carbons (Fsp3) is 0.833. The van der Waals surface area contributed by atoms with Crippen molar-refractivity contribution in [2.45, 2.75) is 37.5 Å². The van der Waals surface area contributed by atoms with E-state index in [4.69, 9.17) is 15.6 Å². The van der Waals surface area contributed by atoms with E-state index in [1.807, 2.05) is 0 Å². The van der Waals surface area contributed by atoms with Crippen LogP contribution in [0.3, 0.4) is 0 Å². The summed E-state index contributed by atoms with van der Waals surface area (Å²) < 4.78 is 5.61. The second kappa shape index (κ2) is 6.58. The predicted octanol–water partition coefficient (Wildman–Crippen LogP) is -0.0886. The summed E-state index contributed by atoms with van der Waals surface area (Å²) in [5, 5.41) is 8.92. The maximum Gasteiger partial charge on any atom is 0.305 e. The number of hydrogen-bond donors (Lipinski definition) is 2. The Morgan fingerprint density at radius 3 is 2.84 bits per heavy atom. The maximum atomic E-state index is 12.4. The lowest BCUT2D eigenvalue weighted by molar-refractivity contribution is -0.146. The van der Waals surface area contributed by atoms with E-state index in [0.29, 0.717) is 25.3 Å². The van der Waals surface area contributed by atoms with E-state index in [9.17, 15) is 9.59 Å². The Bertz CT molecular complexity index is 353. The molecular weight excluding hydrogens is 268 g/mol. The highest BCUT2D eigenvalue weighted by Gasteiger charge is 2.37. The highest BCUT2D eigenvalue weighted by molar-refractivity contribution is 7.99. The van der Waals surface area contributed by atoms with Gasteiger partial charge >= 0.3 is 5.97 Å². The lowest BCUT2D eigenvalue weighted by Crippen LogP contribution is -2.50. The number of carboxylic acids is 1. The van der Waals surface area contributed by atoms with Crippen LogP contribution in [0.1, 0.15) is 19.3 Å². The number of nitrogens with two attached hydrogens (primary N) is 1. The quantitative estimate of drug-likeness (QED) is 0.751. The summed E-state index contributed by atoms with van der Waals surface area (Å²) in [5.74, 6) is 0.611. The van der Waals surface area contributed by atoms with E-state index < -0.39 is 12.1 Å². The van der Waals surface area contributed by atoms with Gasteiger partial charge in [-0.15, -0.1) is 0 Å². The Morgan fingerprint density at radius 2 is 2.21 bits per heavy atom. The van der Waals surface area contributed by atoms with Crippen molar-refractivity contribution in [1.29, 1.82) is 0 Å². The molecule has 0 spiro atoms. The van der Waals surface area contributed by atoms with E-state index in [-0.39, 0.29) is 24.5 Å². The molecule has 2 heterocycles. The SMILES string of the molecule is NCC1CCC(C(=O)N2CCSCC2CC(=O)O)O1. The van der Waals surface area contributed by atoms with Crippen molar-refractivity contribution < 1.29 is 19.4 Å². The van der Waals surface area contributed by atoms with Crippen molar-refractivity contribution in [2.24, 2.45) is 5.73 Å². The van der Waals surface area contributed by atoms with Crippen LogP contribution < -0.4 is 5.73 Å². The number of rotatable bonds is 4. The zero-order valence-electron chi connectivity index (χ0n) is 10.8. The molecule has 3 unspecified atom stereocenters. The Kier molecular flexibility index (Phi) is 5.06. The molecule has 108 valence electrons. The molecule has 0 aliphatic carbocycles. The maximum absolute atomic E-state index is 12.4. The minimum absolute atomic E-state index is 0.00573. The van der Waals surface area contributed by atoms with Gasteiger partial charge in [-0.1, -0.05) is 0 Å². The molecule has 2 fully saturated rings. The van der Waals surface area contributed by atoms with Gasteiger partial charge in [0.2, 0.25) is 0 Å². The Labute approximate surface area is 116 Å². The first kappa shape index (κ1) is 14.6. The lowest BCUT2D eigenvalue weighted by atomic mass is 10.1. The number of carbonyl (C=O) groups is 2. The van der Waals surface area contributed by atoms with Crippen molar-refractivity contribution in [1.82, 2.24) is 4.90 Å². The van der Waals surface area contributed by atoms with Crippen LogP contribution >= 0.6 is 11.8 Å². The molecule has 2 aliphatic heterocycles. The molecule has 0 aromatic carbocycles. The molecule has 0 aromatic heterocycles. The summed E-state index contributed by atoms with van der Waals surface area (Å²) in [7, 11) is 0. The van der Waals surface area contributed by atoms with Crippen LogP contribution in [-0.2, 0) is 14.3 Å². The monoisotopic (exact) mass is 288 g/mol. The first-order chi connectivity index (χ1) is 9.11. The Morgan fingerprint density at radius 1 is 1.42 bits per heavy atom. The van der Waals surface area contributed by atoms with Crippen LogP contribution in [0, 0.1) is 0 Å². The van der Waals surface area contributed by atoms with E-state index in [2.05, 4.69) is 0 Å². The second-order valence-corrected chi connectivity index (χ2v) is 6.07. The van der Waals surface area contributed by atoms with Gasteiger partial charge in [0.25, 0.3) is 5.91 Å². The number of amides is 1. The number of carboxylic acid groups (broad SMARTS) is 1. The van der Waals surface area contributed by atoms with Crippen LogP contribution in [0.5, 0.6) is 0 Å². The van der Waals surface area contributed by atoms with Crippen molar-refractivity contribution in [3.63, 3.8) is 0 Å². The highest BCUT2D eigenvalue weighted by Crippen LogP contribution is 2.25. The average molecular weight is 288 g/mol. The van der Waals surface area contributed by atoms with Gasteiger partial charge in [-0.3, -0.25) is 9.59 Å². The first-order valence-corrected chi connectivity index (χ1v) is 7.73. The third kappa shape index (κ3) is 3.61. The van der Waals surface area contributed by atoms with Crippen LogP contribution in [-0.4, -0.2) is 64.7 Å². The number of carbonyl (C=O) groups excluding carboxylic acids is 1. The molecule has 1 amide bonds. The fourth-order valence-corrected chi connectivity index (χ4v) is 3.62. The smallest absolute Gasteiger partial charge is 0.305 e. The van der Waals surface area contributed by atoms with E-state index >= 15 is 0 Å². The van der Waals surface area contributed by atoms with Crippen LogP contribution in [0.25, 0.3) is 0 Å². The molecular formula is C12H20N2O4S. The fourth-order valence-electron chi connectivity index (χ4n) is 2.56. The zero-order chi connectivity index (χ0) is 13.8. The summed E-state index contributed by atoms with van der Waals surface area (Å²) in [6, 6.07) is -0.218. The molecule has 3 atom stereocenters. The molecule has 2 saturated heterocycles. The highest BCUT2D eigenvalue weighted by atomic mass is 32.2. The molecule has 2 aliphatic rings. The van der Waals surface area contributed by atoms with Crippen molar-refractivity contribution >= 4 is 23.6 Å². The van der Waals surface area contributed by atoms with Gasteiger partial charge < -0.3 is 20.5 Å². The number of nitrogens with zero attached hydrogens (tertiary/aromatic N) is 1. The molecule has 2 rings (SSSR count). The number of ether oxygens (including phenoxy) is 1. The molecule has 0 saturated carbocycles. The van der Waals surface area contributed by atoms with Gasteiger partial charge in [-0.25, -0.2) is 0 Å². The Hall–Kier alpha value is -0.790. The van der Waals surface area contributed by atoms with Gasteiger partial charge in [0.1, 0.15) is 6.10 Å². The minimum Gasteiger partial charge on any atom is -0.481 e. The predicted molar refractivity (Wildman–Crippen MR) is 72.0 cm³/mol. The largest absolute Gasteiger partial charge is 0.481 e. The summed E-state index contributed by atoms with van der Waals surface area (Å²) in [5.41, 5.74) is 5.54. The van der Waals surface area contributed by atoms with E-state index in [1.165, 1.54) is 0 Å². The summed E-state index contributed by atoms with van der Waals surface area (Å²) in [6.07, 6.45) is 1.02. The van der Waals surface area contributed by atoms with Gasteiger partial charge in [0, 0.05) is 24.6 Å². The average Bonchev–Trinajstić information content (AvgIpc) is 2.86. The molecule has 0 bridgehead atoms. The van der Waals surface area contributed by atoms with Gasteiger partial charge in [-0.2, -0.15) is 11.8 Å². The van der Waals surface area contributed by atoms with Crippen molar-refractivity contribution in [3.05, 3.63) is 0 Å². The van der Waals surface area contributed by atoms with E-state index in [1.54, 1.807) is 16.7 Å². The standard InChI is InChI=1S/C12H20N2O4S/c13-6-9-1-2-10(18-9)12(17)14-3-4-19-7-8(14)5-11(15)16/h8-10H,1-7,13H2,(H,15,16). The molecule has 6 nitrogen and oxygen atoms in total. The van der Waals surface area contributed by atoms with Gasteiger partial charge in [-0.05, 0) is 12.8 Å². The van der Waals surface area contributed by atoms with Crippen molar-refractivity contribution in [2.75, 3.05) is 24.6 Å². The number of thioether (sulfide) groups is 1. The minimum atomic E-state index is -0.863. The number of hydrogen-bond acceptors (Lipinski definition) is 5. The normalized spacial score (nSPS) is 31.4. The third-order valence-electron chi connectivity index (χ3n) is 3.57. The van der Waals surface area contributed by atoms with Crippen LogP contribution in [0.2, 0.25) is 0 Å². The molecule has 19 heavy (non-hydrogen) atoms. The number of aliphatic carboxylic acids is 1. The molecule has 7 heteroatoms. The van der Waals surface area contributed by atoms with Crippen LogP contribution in [0.4, 0.5) is 0 Å². The zero-order valence-corrected chi connectivity index (χ0v) is 11.6. The molecule has 3 N–H and O–H groups in total. The van der Waals surface area contributed by atoms with Gasteiger partial charge in [0.05, 0.1) is 18.6 Å². The first-order valence-electron chi connectivity index (χ1n) is 6.57. The summed E-state index contributed by atoms with van der Waals surface area (Å²) >= 11 is 1.70.